The Morgan fingerprint density at radius 1 is 1.38 bits per heavy atom. The van der Waals surface area contributed by atoms with Gasteiger partial charge in [-0.05, 0) is 15.9 Å². The lowest BCUT2D eigenvalue weighted by molar-refractivity contribution is 0.727. The molecule has 2 aromatic rings. The molecule has 0 spiro atoms. The molecule has 0 fully saturated rings. The summed E-state index contributed by atoms with van der Waals surface area (Å²) in [6.45, 7) is 1.62. The van der Waals surface area contributed by atoms with Crippen molar-refractivity contribution in [1.82, 2.24) is 14.5 Å². The maximum atomic E-state index is 5.81. The van der Waals surface area contributed by atoms with Crippen LogP contribution in [0.5, 0.6) is 0 Å². The zero-order valence-corrected chi connectivity index (χ0v) is 10.2. The molecular weight excluding hydrogens is 270 g/mol. The van der Waals surface area contributed by atoms with Gasteiger partial charge in [0.2, 0.25) is 0 Å². The zero-order chi connectivity index (χ0) is 11.4. The molecule has 0 aliphatic carbocycles. The van der Waals surface area contributed by atoms with Crippen molar-refractivity contribution in [2.24, 2.45) is 0 Å². The summed E-state index contributed by atoms with van der Waals surface area (Å²) in [7, 11) is 0. The molecule has 6 heteroatoms. The van der Waals surface area contributed by atoms with Gasteiger partial charge in [-0.3, -0.25) is 4.98 Å². The summed E-state index contributed by atoms with van der Waals surface area (Å²) in [6, 6.07) is 0. The number of rotatable bonds is 4. The molecule has 2 heterocycles. The number of nitrogen functional groups attached to an aromatic ring is 1. The molecule has 0 aromatic carbocycles. The number of nitrogens with two attached hydrogens (primary N) is 1. The van der Waals surface area contributed by atoms with Crippen LogP contribution in [0.2, 0.25) is 0 Å². The van der Waals surface area contributed by atoms with Crippen molar-refractivity contribution in [3.63, 3.8) is 0 Å². The van der Waals surface area contributed by atoms with E-state index in [1.165, 1.54) is 0 Å². The average Bonchev–Trinajstić information content (AvgIpc) is 2.75. The molecule has 16 heavy (non-hydrogen) atoms. The summed E-state index contributed by atoms with van der Waals surface area (Å²) in [5.41, 5.74) is 7.33. The molecule has 0 aliphatic rings. The van der Waals surface area contributed by atoms with Crippen LogP contribution in [0.15, 0.2) is 35.6 Å². The van der Waals surface area contributed by atoms with Crippen LogP contribution in [0.1, 0.15) is 0 Å². The predicted molar refractivity (Wildman–Crippen MR) is 67.1 cm³/mol. The number of halogens is 1. The number of hydrogen-bond acceptors (Lipinski definition) is 4. The molecule has 5 nitrogen and oxygen atoms in total. The van der Waals surface area contributed by atoms with E-state index in [1.54, 1.807) is 24.9 Å². The Labute approximate surface area is 102 Å². The Morgan fingerprint density at radius 2 is 2.25 bits per heavy atom. The van der Waals surface area contributed by atoms with Crippen LogP contribution in [0.4, 0.5) is 11.4 Å². The van der Waals surface area contributed by atoms with Gasteiger partial charge in [-0.15, -0.1) is 0 Å². The van der Waals surface area contributed by atoms with Crippen LogP contribution in [-0.2, 0) is 6.54 Å². The summed E-state index contributed by atoms with van der Waals surface area (Å²) < 4.78 is 2.87. The molecule has 2 rings (SSSR count). The molecule has 0 radical (unpaired) electrons. The smallest absolute Gasteiger partial charge is 0.0946 e. The first-order valence-corrected chi connectivity index (χ1v) is 5.65. The lowest BCUT2D eigenvalue weighted by Gasteiger charge is -2.10. The topological polar surface area (TPSA) is 68.8 Å². The first-order valence-electron chi connectivity index (χ1n) is 4.86. The highest BCUT2D eigenvalue weighted by atomic mass is 79.9. The molecule has 0 unspecified atom stereocenters. The second-order valence-corrected chi connectivity index (χ2v) is 4.17. The normalized spacial score (nSPS) is 10.3. The summed E-state index contributed by atoms with van der Waals surface area (Å²) in [5.74, 6) is 0. The third-order valence-electron chi connectivity index (χ3n) is 2.16. The van der Waals surface area contributed by atoms with Crippen molar-refractivity contribution in [1.29, 1.82) is 0 Å². The SMILES string of the molecule is Nc1cncc(Br)c1NCCn1ccnc1. The van der Waals surface area contributed by atoms with Crippen molar-refractivity contribution in [2.45, 2.75) is 6.54 Å². The number of nitrogens with one attached hydrogen (secondary N) is 1. The van der Waals surface area contributed by atoms with Crippen molar-refractivity contribution in [3.8, 4) is 0 Å². The van der Waals surface area contributed by atoms with Crippen molar-refractivity contribution in [2.75, 3.05) is 17.6 Å². The minimum atomic E-state index is 0.639. The number of hydrogen-bond donors (Lipinski definition) is 2. The van der Waals surface area contributed by atoms with Gasteiger partial charge in [0.25, 0.3) is 0 Å². The molecule has 0 saturated heterocycles. The van der Waals surface area contributed by atoms with Crippen molar-refractivity contribution < 1.29 is 0 Å². The molecule has 3 N–H and O–H groups in total. The molecule has 84 valence electrons. The number of nitrogens with zero attached hydrogens (tertiary/aromatic N) is 3. The van der Waals surface area contributed by atoms with Crippen molar-refractivity contribution >= 4 is 27.3 Å². The largest absolute Gasteiger partial charge is 0.396 e. The van der Waals surface area contributed by atoms with E-state index >= 15 is 0 Å². The van der Waals surface area contributed by atoms with Crippen LogP contribution in [-0.4, -0.2) is 21.1 Å². The third kappa shape index (κ3) is 2.52. The fraction of sp³-hybridized carbons (Fsp3) is 0.200. The van der Waals surface area contributed by atoms with E-state index in [9.17, 15) is 0 Å². The number of pyridine rings is 1. The minimum absolute atomic E-state index is 0.639. The molecule has 0 aliphatic heterocycles. The van der Waals surface area contributed by atoms with E-state index in [0.29, 0.717) is 5.69 Å². The molecule has 0 atom stereocenters. The summed E-state index contributed by atoms with van der Waals surface area (Å²) >= 11 is 3.40. The quantitative estimate of drug-likeness (QED) is 0.896. The van der Waals surface area contributed by atoms with E-state index in [4.69, 9.17) is 5.73 Å². The van der Waals surface area contributed by atoms with Gasteiger partial charge < -0.3 is 15.6 Å². The van der Waals surface area contributed by atoms with Gasteiger partial charge in [0, 0.05) is 31.7 Å². The van der Waals surface area contributed by atoms with E-state index in [-0.39, 0.29) is 0 Å². The standard InChI is InChI=1S/C10H12BrN5/c11-8-5-14-6-9(12)10(8)15-2-4-16-3-1-13-7-16/h1,3,5-7H,2,4,12H2,(H,14,15). The van der Waals surface area contributed by atoms with Crippen LogP contribution >= 0.6 is 15.9 Å². The second-order valence-electron chi connectivity index (χ2n) is 3.31. The van der Waals surface area contributed by atoms with Crippen LogP contribution in [0.3, 0.4) is 0 Å². The van der Waals surface area contributed by atoms with Gasteiger partial charge in [-0.25, -0.2) is 4.98 Å². The van der Waals surface area contributed by atoms with Crippen LogP contribution in [0.25, 0.3) is 0 Å². The van der Waals surface area contributed by atoms with Gasteiger partial charge in [-0.2, -0.15) is 0 Å². The Hall–Kier alpha value is -1.56. The molecule has 0 saturated carbocycles. The van der Waals surface area contributed by atoms with E-state index in [1.807, 2.05) is 10.8 Å². The summed E-state index contributed by atoms with van der Waals surface area (Å²) in [5, 5.41) is 3.26. The number of aromatic nitrogens is 3. The lowest BCUT2D eigenvalue weighted by atomic mass is 10.3. The first kappa shape index (κ1) is 10.9. The fourth-order valence-electron chi connectivity index (χ4n) is 1.37. The number of anilines is 2. The van der Waals surface area contributed by atoms with Crippen molar-refractivity contribution in [3.05, 3.63) is 35.6 Å². The fourth-order valence-corrected chi connectivity index (χ4v) is 1.85. The molecular formula is C10H12BrN5. The van der Waals surface area contributed by atoms with Gasteiger partial charge in [0.1, 0.15) is 0 Å². The Morgan fingerprint density at radius 3 is 2.94 bits per heavy atom. The average molecular weight is 282 g/mol. The number of imidazole rings is 1. The highest BCUT2D eigenvalue weighted by Crippen LogP contribution is 2.26. The first-order chi connectivity index (χ1) is 7.77. The van der Waals surface area contributed by atoms with Crippen LogP contribution in [0, 0.1) is 0 Å². The maximum absolute atomic E-state index is 5.81. The van der Waals surface area contributed by atoms with Gasteiger partial charge in [0.05, 0.1) is 28.4 Å². The van der Waals surface area contributed by atoms with E-state index < -0.39 is 0 Å². The van der Waals surface area contributed by atoms with Gasteiger partial charge in [-0.1, -0.05) is 0 Å². The summed E-state index contributed by atoms with van der Waals surface area (Å²) in [4.78, 5) is 7.95. The Balaban J connectivity index is 1.95. The molecule has 0 bridgehead atoms. The highest BCUT2D eigenvalue weighted by molar-refractivity contribution is 9.10. The molecule has 2 aromatic heterocycles. The maximum Gasteiger partial charge on any atom is 0.0946 e. The van der Waals surface area contributed by atoms with Gasteiger partial charge >= 0.3 is 0 Å². The van der Waals surface area contributed by atoms with Crippen LogP contribution < -0.4 is 11.1 Å². The predicted octanol–water partition coefficient (Wildman–Crippen LogP) is 1.73. The Kier molecular flexibility index (Phi) is 3.40. The minimum Gasteiger partial charge on any atom is -0.396 e. The Bertz CT molecular complexity index is 434. The summed E-state index contributed by atoms with van der Waals surface area (Å²) in [6.07, 6.45) is 8.82. The third-order valence-corrected chi connectivity index (χ3v) is 2.76. The highest BCUT2D eigenvalue weighted by Gasteiger charge is 2.03. The zero-order valence-electron chi connectivity index (χ0n) is 8.60. The lowest BCUT2D eigenvalue weighted by Crippen LogP contribution is -2.11. The van der Waals surface area contributed by atoms with Gasteiger partial charge in [0.15, 0.2) is 0 Å². The van der Waals surface area contributed by atoms with E-state index in [2.05, 4.69) is 31.2 Å². The monoisotopic (exact) mass is 281 g/mol. The van der Waals surface area contributed by atoms with E-state index in [0.717, 1.165) is 23.2 Å². The second kappa shape index (κ2) is 4.98. The molecule has 0 amide bonds.